The monoisotopic (exact) mass is 316 g/mol. The van der Waals surface area contributed by atoms with Gasteiger partial charge in [-0.25, -0.2) is 4.79 Å². The molecule has 4 nitrogen and oxygen atoms in total. The van der Waals surface area contributed by atoms with E-state index in [4.69, 9.17) is 4.74 Å². The molecule has 1 saturated carbocycles. The molecule has 0 spiro atoms. The molecule has 1 amide bonds. The number of benzene rings is 1. The lowest BCUT2D eigenvalue weighted by atomic mass is 9.73. The summed E-state index contributed by atoms with van der Waals surface area (Å²) in [6.45, 7) is 2.06. The Morgan fingerprint density at radius 1 is 1.17 bits per heavy atom. The van der Waals surface area contributed by atoms with Gasteiger partial charge in [0.2, 0.25) is 0 Å². The molecular formula is C19H28N2O2. The molecule has 0 unspecified atom stereocenters. The number of hydrogen-bond acceptors (Lipinski definition) is 3. The molecular weight excluding hydrogens is 288 g/mol. The zero-order valence-corrected chi connectivity index (χ0v) is 14.0. The fraction of sp³-hybridized carbons (Fsp3) is 0.632. The summed E-state index contributed by atoms with van der Waals surface area (Å²) in [6, 6.07) is 10.6. The highest BCUT2D eigenvalue weighted by Gasteiger charge is 2.32. The van der Waals surface area contributed by atoms with Crippen molar-refractivity contribution in [2.45, 2.75) is 44.8 Å². The molecule has 2 aliphatic rings. The van der Waals surface area contributed by atoms with Crippen LogP contribution in [0.3, 0.4) is 0 Å². The van der Waals surface area contributed by atoms with Crippen molar-refractivity contribution in [2.75, 3.05) is 20.1 Å². The minimum atomic E-state index is -0.161. The Balaban J connectivity index is 1.34. The molecule has 0 bridgehead atoms. The third kappa shape index (κ3) is 4.47. The quantitative estimate of drug-likeness (QED) is 0.905. The van der Waals surface area contributed by atoms with Crippen LogP contribution in [0.1, 0.15) is 37.7 Å². The molecule has 126 valence electrons. The van der Waals surface area contributed by atoms with Crippen LogP contribution in [0.4, 0.5) is 4.79 Å². The van der Waals surface area contributed by atoms with Gasteiger partial charge in [0.15, 0.2) is 0 Å². The number of ether oxygens (including phenoxy) is 1. The highest BCUT2D eigenvalue weighted by Crippen LogP contribution is 2.35. The van der Waals surface area contributed by atoms with E-state index >= 15 is 0 Å². The minimum absolute atomic E-state index is 0.161. The van der Waals surface area contributed by atoms with Gasteiger partial charge in [-0.05, 0) is 56.6 Å². The van der Waals surface area contributed by atoms with E-state index in [9.17, 15) is 4.79 Å². The first-order valence-corrected chi connectivity index (χ1v) is 8.87. The van der Waals surface area contributed by atoms with E-state index in [0.717, 1.165) is 49.4 Å². The van der Waals surface area contributed by atoms with Crippen LogP contribution >= 0.6 is 0 Å². The van der Waals surface area contributed by atoms with Crippen molar-refractivity contribution in [3.8, 4) is 0 Å². The van der Waals surface area contributed by atoms with E-state index in [1.807, 2.05) is 35.2 Å². The van der Waals surface area contributed by atoms with Gasteiger partial charge in [-0.15, -0.1) is 0 Å². The van der Waals surface area contributed by atoms with Gasteiger partial charge in [0, 0.05) is 19.1 Å². The first-order valence-electron chi connectivity index (χ1n) is 8.87. The molecule has 1 heterocycles. The van der Waals surface area contributed by atoms with Crippen LogP contribution in [0.25, 0.3) is 0 Å². The standard InChI is InChI=1S/C19H28N2O2/c1-20-18-12-17(13-18)11-15-7-9-21(10-8-15)19(22)23-14-16-5-3-2-4-6-16/h2-6,15,17-18,20H,7-14H2,1H3. The summed E-state index contributed by atoms with van der Waals surface area (Å²) in [4.78, 5) is 14.0. The first-order chi connectivity index (χ1) is 11.2. The Morgan fingerprint density at radius 2 is 1.87 bits per heavy atom. The van der Waals surface area contributed by atoms with Crippen LogP contribution in [0.15, 0.2) is 30.3 Å². The van der Waals surface area contributed by atoms with E-state index in [2.05, 4.69) is 12.4 Å². The molecule has 0 atom stereocenters. The lowest BCUT2D eigenvalue weighted by Gasteiger charge is -2.39. The van der Waals surface area contributed by atoms with Crippen LogP contribution in [0.2, 0.25) is 0 Å². The molecule has 1 aromatic rings. The lowest BCUT2D eigenvalue weighted by Crippen LogP contribution is -2.42. The SMILES string of the molecule is CNC1CC(CC2CCN(C(=O)OCc3ccccc3)CC2)C1. The fourth-order valence-corrected chi connectivity index (χ4v) is 3.80. The van der Waals surface area contributed by atoms with Crippen LogP contribution in [-0.2, 0) is 11.3 Å². The first kappa shape index (κ1) is 16.3. The lowest BCUT2D eigenvalue weighted by molar-refractivity contribution is 0.0760. The second-order valence-electron chi connectivity index (χ2n) is 7.03. The molecule has 1 aromatic carbocycles. The summed E-state index contributed by atoms with van der Waals surface area (Å²) < 4.78 is 5.42. The number of piperidine rings is 1. The zero-order valence-electron chi connectivity index (χ0n) is 14.0. The molecule has 4 heteroatoms. The largest absolute Gasteiger partial charge is 0.445 e. The van der Waals surface area contributed by atoms with Crippen molar-refractivity contribution in [1.82, 2.24) is 10.2 Å². The normalized spacial score (nSPS) is 25.0. The van der Waals surface area contributed by atoms with Gasteiger partial charge in [-0.1, -0.05) is 30.3 Å². The van der Waals surface area contributed by atoms with Crippen molar-refractivity contribution < 1.29 is 9.53 Å². The van der Waals surface area contributed by atoms with Crippen molar-refractivity contribution in [3.63, 3.8) is 0 Å². The summed E-state index contributed by atoms with van der Waals surface area (Å²) in [6.07, 6.45) is 6.09. The Labute approximate surface area is 139 Å². The molecule has 1 aliphatic carbocycles. The van der Waals surface area contributed by atoms with Gasteiger partial charge in [0.25, 0.3) is 0 Å². The maximum Gasteiger partial charge on any atom is 0.410 e. The summed E-state index contributed by atoms with van der Waals surface area (Å²) in [7, 11) is 2.06. The topological polar surface area (TPSA) is 41.6 Å². The Morgan fingerprint density at radius 3 is 2.52 bits per heavy atom. The van der Waals surface area contributed by atoms with Gasteiger partial charge >= 0.3 is 6.09 Å². The van der Waals surface area contributed by atoms with Gasteiger partial charge < -0.3 is 15.0 Å². The van der Waals surface area contributed by atoms with Crippen molar-refractivity contribution in [2.24, 2.45) is 11.8 Å². The summed E-state index contributed by atoms with van der Waals surface area (Å²) >= 11 is 0. The highest BCUT2D eigenvalue weighted by atomic mass is 16.6. The van der Waals surface area contributed by atoms with Crippen LogP contribution in [0, 0.1) is 11.8 Å². The fourth-order valence-electron chi connectivity index (χ4n) is 3.80. The Bertz CT molecular complexity index is 491. The molecule has 0 aromatic heterocycles. The molecule has 1 aliphatic heterocycles. The predicted octanol–water partition coefficient (Wildman–Crippen LogP) is 3.42. The average molecular weight is 316 g/mol. The van der Waals surface area contributed by atoms with Gasteiger partial charge in [-0.2, -0.15) is 0 Å². The van der Waals surface area contributed by atoms with Crippen molar-refractivity contribution in [1.29, 1.82) is 0 Å². The number of nitrogens with one attached hydrogen (secondary N) is 1. The number of carbonyl (C=O) groups is 1. The maximum absolute atomic E-state index is 12.1. The van der Waals surface area contributed by atoms with Crippen LogP contribution < -0.4 is 5.32 Å². The highest BCUT2D eigenvalue weighted by molar-refractivity contribution is 5.67. The van der Waals surface area contributed by atoms with E-state index in [1.165, 1.54) is 19.3 Å². The zero-order chi connectivity index (χ0) is 16.1. The average Bonchev–Trinajstić information content (AvgIpc) is 2.57. The van der Waals surface area contributed by atoms with E-state index in [1.54, 1.807) is 0 Å². The molecule has 3 rings (SSSR count). The molecule has 1 N–H and O–H groups in total. The van der Waals surface area contributed by atoms with E-state index in [-0.39, 0.29) is 6.09 Å². The van der Waals surface area contributed by atoms with Crippen molar-refractivity contribution >= 4 is 6.09 Å². The Kier molecular flexibility index (Phi) is 5.55. The smallest absolute Gasteiger partial charge is 0.410 e. The second-order valence-corrected chi connectivity index (χ2v) is 7.03. The third-order valence-electron chi connectivity index (χ3n) is 5.39. The van der Waals surface area contributed by atoms with E-state index in [0.29, 0.717) is 6.61 Å². The number of carbonyl (C=O) groups excluding carboxylic acids is 1. The van der Waals surface area contributed by atoms with Gasteiger partial charge in [0.05, 0.1) is 0 Å². The molecule has 2 fully saturated rings. The number of nitrogens with zero attached hydrogens (tertiary/aromatic N) is 1. The molecule has 23 heavy (non-hydrogen) atoms. The molecule has 0 radical (unpaired) electrons. The van der Waals surface area contributed by atoms with E-state index < -0.39 is 0 Å². The van der Waals surface area contributed by atoms with Crippen LogP contribution in [-0.4, -0.2) is 37.2 Å². The van der Waals surface area contributed by atoms with Gasteiger partial charge in [-0.3, -0.25) is 0 Å². The van der Waals surface area contributed by atoms with Crippen LogP contribution in [0.5, 0.6) is 0 Å². The summed E-state index contributed by atoms with van der Waals surface area (Å²) in [5, 5.41) is 3.35. The predicted molar refractivity (Wildman–Crippen MR) is 91.1 cm³/mol. The number of amides is 1. The summed E-state index contributed by atoms with van der Waals surface area (Å²) in [5.74, 6) is 1.69. The number of likely N-dealkylation sites (tertiary alicyclic amines) is 1. The minimum Gasteiger partial charge on any atom is -0.445 e. The summed E-state index contributed by atoms with van der Waals surface area (Å²) in [5.41, 5.74) is 1.04. The van der Waals surface area contributed by atoms with Gasteiger partial charge in [0.1, 0.15) is 6.61 Å². The molecule has 1 saturated heterocycles. The number of hydrogen-bond donors (Lipinski definition) is 1. The third-order valence-corrected chi connectivity index (χ3v) is 5.39. The van der Waals surface area contributed by atoms with Crippen molar-refractivity contribution in [3.05, 3.63) is 35.9 Å². The number of rotatable bonds is 5. The maximum atomic E-state index is 12.1. The Hall–Kier alpha value is -1.55. The second kappa shape index (κ2) is 7.82.